The molecule has 0 aliphatic carbocycles. The van der Waals surface area contributed by atoms with Crippen LogP contribution in [0.5, 0.6) is 0 Å². The lowest BCUT2D eigenvalue weighted by Gasteiger charge is -2.16. The number of thiazole rings is 1. The lowest BCUT2D eigenvalue weighted by Crippen LogP contribution is -2.24. The molecule has 0 radical (unpaired) electrons. The van der Waals surface area contributed by atoms with Crippen molar-refractivity contribution in [3.05, 3.63) is 40.3 Å². The lowest BCUT2D eigenvalue weighted by atomic mass is 10.2. The number of nitrogens with zero attached hydrogens (tertiary/aromatic N) is 1. The van der Waals surface area contributed by atoms with E-state index < -0.39 is 10.0 Å². The summed E-state index contributed by atoms with van der Waals surface area (Å²) in [4.78, 5) is 4.68. The van der Waals surface area contributed by atoms with Crippen LogP contribution in [-0.2, 0) is 10.0 Å². The van der Waals surface area contributed by atoms with Crippen LogP contribution in [0.4, 0.5) is 5.69 Å². The average Bonchev–Trinajstić information content (AvgIpc) is 2.86. The SMILES string of the molecule is CCNS(=O)(=O)c1ccccc1NC(C)c1csc(C)n1. The van der Waals surface area contributed by atoms with E-state index in [1.54, 1.807) is 36.5 Å². The van der Waals surface area contributed by atoms with Crippen molar-refractivity contribution in [1.29, 1.82) is 0 Å². The summed E-state index contributed by atoms with van der Waals surface area (Å²) in [6.07, 6.45) is 0. The minimum atomic E-state index is -3.49. The number of para-hydroxylation sites is 1. The Morgan fingerprint density at radius 2 is 2.05 bits per heavy atom. The Hall–Kier alpha value is -1.44. The molecule has 7 heteroatoms. The smallest absolute Gasteiger partial charge is 0.242 e. The first kappa shape index (κ1) is 15.9. The van der Waals surface area contributed by atoms with Gasteiger partial charge in [0, 0.05) is 11.9 Å². The maximum Gasteiger partial charge on any atom is 0.242 e. The van der Waals surface area contributed by atoms with Crippen molar-refractivity contribution in [3.8, 4) is 0 Å². The standard InChI is InChI=1S/C14H19N3O2S2/c1-4-15-21(18,19)14-8-6-5-7-12(14)16-10(2)13-9-20-11(3)17-13/h5-10,15-16H,4H2,1-3H3. The van der Waals surface area contributed by atoms with Gasteiger partial charge in [0.25, 0.3) is 0 Å². The molecule has 0 bridgehead atoms. The number of aromatic nitrogens is 1. The van der Waals surface area contributed by atoms with Crippen molar-refractivity contribution in [1.82, 2.24) is 9.71 Å². The van der Waals surface area contributed by atoms with Crippen LogP contribution in [0.2, 0.25) is 0 Å². The molecule has 2 N–H and O–H groups in total. The van der Waals surface area contributed by atoms with E-state index in [1.165, 1.54) is 0 Å². The van der Waals surface area contributed by atoms with E-state index in [0.29, 0.717) is 12.2 Å². The summed E-state index contributed by atoms with van der Waals surface area (Å²) in [5, 5.41) is 6.20. The van der Waals surface area contributed by atoms with Crippen LogP contribution in [0.3, 0.4) is 0 Å². The first-order valence-corrected chi connectivity index (χ1v) is 9.07. The van der Waals surface area contributed by atoms with Gasteiger partial charge in [0.1, 0.15) is 4.90 Å². The van der Waals surface area contributed by atoms with Gasteiger partial charge in [0.15, 0.2) is 0 Å². The Labute approximate surface area is 129 Å². The molecule has 0 saturated carbocycles. The summed E-state index contributed by atoms with van der Waals surface area (Å²) in [6, 6.07) is 6.83. The van der Waals surface area contributed by atoms with Gasteiger partial charge in [0.2, 0.25) is 10.0 Å². The zero-order chi connectivity index (χ0) is 15.5. The second kappa shape index (κ2) is 6.55. The molecule has 0 amide bonds. The van der Waals surface area contributed by atoms with E-state index in [0.717, 1.165) is 10.7 Å². The largest absolute Gasteiger partial charge is 0.376 e. The van der Waals surface area contributed by atoms with Crippen LogP contribution in [0, 0.1) is 6.92 Å². The van der Waals surface area contributed by atoms with Crippen LogP contribution in [0.1, 0.15) is 30.6 Å². The summed E-state index contributed by atoms with van der Waals surface area (Å²) in [7, 11) is -3.49. The molecule has 0 saturated heterocycles. The van der Waals surface area contributed by atoms with E-state index >= 15 is 0 Å². The molecule has 0 spiro atoms. The summed E-state index contributed by atoms with van der Waals surface area (Å²) in [5.41, 5.74) is 1.49. The van der Waals surface area contributed by atoms with Crippen LogP contribution in [0.15, 0.2) is 34.5 Å². The van der Waals surface area contributed by atoms with Gasteiger partial charge in [-0.15, -0.1) is 11.3 Å². The molecule has 1 aromatic carbocycles. The number of hydrogen-bond donors (Lipinski definition) is 2. The van der Waals surface area contributed by atoms with Crippen molar-refractivity contribution in [2.24, 2.45) is 0 Å². The van der Waals surface area contributed by atoms with E-state index in [-0.39, 0.29) is 10.9 Å². The highest BCUT2D eigenvalue weighted by atomic mass is 32.2. The Balaban J connectivity index is 2.29. The van der Waals surface area contributed by atoms with Crippen molar-refractivity contribution in [2.75, 3.05) is 11.9 Å². The maximum absolute atomic E-state index is 12.2. The van der Waals surface area contributed by atoms with Crippen molar-refractivity contribution in [2.45, 2.75) is 31.7 Å². The van der Waals surface area contributed by atoms with Gasteiger partial charge in [-0.05, 0) is 26.0 Å². The molecule has 2 aromatic rings. The minimum Gasteiger partial charge on any atom is -0.376 e. The maximum atomic E-state index is 12.2. The molecule has 21 heavy (non-hydrogen) atoms. The summed E-state index contributed by atoms with van der Waals surface area (Å²) in [5.74, 6) is 0. The molecular weight excluding hydrogens is 306 g/mol. The predicted octanol–water partition coefficient (Wildman–Crippen LogP) is 2.92. The Morgan fingerprint density at radius 3 is 2.67 bits per heavy atom. The first-order chi connectivity index (χ1) is 9.94. The molecule has 114 valence electrons. The third-order valence-corrected chi connectivity index (χ3v) is 5.36. The van der Waals surface area contributed by atoms with Crippen LogP contribution in [0.25, 0.3) is 0 Å². The van der Waals surface area contributed by atoms with Gasteiger partial charge < -0.3 is 5.32 Å². The molecule has 1 atom stereocenters. The third kappa shape index (κ3) is 3.81. The second-order valence-corrected chi connectivity index (χ2v) is 7.45. The number of nitrogens with one attached hydrogen (secondary N) is 2. The topological polar surface area (TPSA) is 71.1 Å². The summed E-state index contributed by atoms with van der Waals surface area (Å²) >= 11 is 1.58. The highest BCUT2D eigenvalue weighted by molar-refractivity contribution is 7.89. The molecule has 5 nitrogen and oxygen atoms in total. The Bertz CT molecular complexity index is 711. The predicted molar refractivity (Wildman–Crippen MR) is 86.2 cm³/mol. The molecule has 1 aromatic heterocycles. The number of hydrogen-bond acceptors (Lipinski definition) is 5. The fourth-order valence-corrected chi connectivity index (χ4v) is 3.89. The Kier molecular flexibility index (Phi) is 4.97. The highest BCUT2D eigenvalue weighted by Crippen LogP contribution is 2.26. The zero-order valence-electron chi connectivity index (χ0n) is 12.3. The average molecular weight is 325 g/mol. The van der Waals surface area contributed by atoms with Crippen molar-refractivity contribution < 1.29 is 8.42 Å². The number of aryl methyl sites for hydroxylation is 1. The zero-order valence-corrected chi connectivity index (χ0v) is 13.9. The minimum absolute atomic E-state index is 0.0621. The van der Waals surface area contributed by atoms with Crippen molar-refractivity contribution in [3.63, 3.8) is 0 Å². The molecule has 0 aliphatic heterocycles. The summed E-state index contributed by atoms with van der Waals surface area (Å²) < 4.78 is 26.9. The molecule has 1 unspecified atom stereocenters. The molecule has 1 heterocycles. The van der Waals surface area contributed by atoms with Crippen LogP contribution in [-0.4, -0.2) is 19.9 Å². The first-order valence-electron chi connectivity index (χ1n) is 6.71. The van der Waals surface area contributed by atoms with Gasteiger partial charge in [-0.2, -0.15) is 0 Å². The number of rotatable bonds is 6. The van der Waals surface area contributed by atoms with Gasteiger partial charge in [-0.3, -0.25) is 0 Å². The second-order valence-electron chi connectivity index (χ2n) is 4.65. The fourth-order valence-electron chi connectivity index (χ4n) is 1.97. The lowest BCUT2D eigenvalue weighted by molar-refractivity contribution is 0.584. The monoisotopic (exact) mass is 325 g/mol. The van der Waals surface area contributed by atoms with Gasteiger partial charge in [0.05, 0.1) is 22.4 Å². The normalized spacial score (nSPS) is 13.1. The number of sulfonamides is 1. The van der Waals surface area contributed by atoms with E-state index in [2.05, 4.69) is 15.0 Å². The van der Waals surface area contributed by atoms with E-state index in [9.17, 15) is 8.42 Å². The molecule has 0 fully saturated rings. The molecular formula is C14H19N3O2S2. The van der Waals surface area contributed by atoms with Gasteiger partial charge in [-0.25, -0.2) is 18.1 Å². The molecule has 0 aliphatic rings. The number of benzene rings is 1. The van der Waals surface area contributed by atoms with E-state index in [1.807, 2.05) is 25.3 Å². The molecule has 2 rings (SSSR count). The quantitative estimate of drug-likeness (QED) is 0.856. The fraction of sp³-hybridized carbons (Fsp3) is 0.357. The highest BCUT2D eigenvalue weighted by Gasteiger charge is 2.19. The van der Waals surface area contributed by atoms with Gasteiger partial charge >= 0.3 is 0 Å². The van der Waals surface area contributed by atoms with Crippen LogP contribution < -0.4 is 10.0 Å². The summed E-state index contributed by atoms with van der Waals surface area (Å²) in [6.45, 7) is 6.03. The van der Waals surface area contributed by atoms with Crippen LogP contribution >= 0.6 is 11.3 Å². The van der Waals surface area contributed by atoms with Gasteiger partial charge in [-0.1, -0.05) is 19.1 Å². The van der Waals surface area contributed by atoms with Crippen molar-refractivity contribution >= 4 is 27.0 Å². The number of anilines is 1. The Morgan fingerprint density at radius 1 is 1.33 bits per heavy atom. The van der Waals surface area contributed by atoms with E-state index in [4.69, 9.17) is 0 Å². The third-order valence-electron chi connectivity index (χ3n) is 2.96.